The SMILES string of the molecule is Cc1ccc(C)cc1.Cc1ccc(C)cc1.Clc1ccc(/C=N/n2cnnc2)cc1.Clc1ccc(/C=N/n2cnnc2)cc1.Clc1ccc(/C=N/n2cnnc2)cc1.Clc1ccc(/C=N/n2cnnc2)cc1.[Cu+].[Cu+].[O-][Cl+3]([O-])([O-])[O-].[O-][Cl+3]([O-])([O-])[O-]. The Morgan fingerprint density at radius 1 is 0.286 bits per heavy atom. The number of nitrogens with zero attached hydrogens (tertiary/aromatic N) is 16. The summed E-state index contributed by atoms with van der Waals surface area (Å²) in [5, 5.41) is 48.2. The van der Waals surface area contributed by atoms with E-state index in [9.17, 15) is 0 Å². The molecule has 0 atom stereocenters. The predicted molar refractivity (Wildman–Crippen MR) is 290 cm³/mol. The van der Waals surface area contributed by atoms with E-state index in [-0.39, 0.29) is 34.1 Å². The molecule has 32 heteroatoms. The summed E-state index contributed by atoms with van der Waals surface area (Å²) in [5.41, 5.74) is 9.22. The van der Waals surface area contributed by atoms with Crippen molar-refractivity contribution in [3.63, 3.8) is 0 Å². The van der Waals surface area contributed by atoms with Gasteiger partial charge in [0.15, 0.2) is 0 Å². The third-order valence-corrected chi connectivity index (χ3v) is 9.91. The smallest absolute Gasteiger partial charge is 0.222 e. The first kappa shape index (κ1) is 75.0. The summed E-state index contributed by atoms with van der Waals surface area (Å²) in [6, 6.07) is 46.6. The van der Waals surface area contributed by atoms with Crippen molar-refractivity contribution < 1.29 is 91.9 Å². The molecule has 10 rings (SSSR count). The van der Waals surface area contributed by atoms with Gasteiger partial charge in [-0.15, -0.1) is 61.3 Å². The fourth-order valence-corrected chi connectivity index (χ4v) is 5.53. The summed E-state index contributed by atoms with van der Waals surface area (Å²) in [4.78, 5) is 0. The number of rotatable bonds is 8. The first-order valence-corrected chi connectivity index (χ1v) is 26.8. The molecule has 0 bridgehead atoms. The molecule has 0 aliphatic rings. The second kappa shape index (κ2) is 41.9. The Morgan fingerprint density at radius 3 is 0.548 bits per heavy atom. The Morgan fingerprint density at radius 2 is 0.417 bits per heavy atom. The third-order valence-electron chi connectivity index (χ3n) is 8.90. The molecule has 0 spiro atoms. The number of hydrogen-bond donors (Lipinski definition) is 0. The number of halogens is 6. The molecule has 0 aliphatic heterocycles. The van der Waals surface area contributed by atoms with E-state index in [0.717, 1.165) is 22.3 Å². The van der Waals surface area contributed by atoms with E-state index in [4.69, 9.17) is 83.7 Å². The van der Waals surface area contributed by atoms with E-state index in [2.05, 4.69) is 137 Å². The van der Waals surface area contributed by atoms with E-state index in [1.54, 1.807) is 24.9 Å². The molecule has 0 fully saturated rings. The Labute approximate surface area is 527 Å². The molecule has 4 heterocycles. The zero-order valence-corrected chi connectivity index (χ0v) is 50.5. The Hall–Kier alpha value is -6.98. The van der Waals surface area contributed by atoms with Crippen LogP contribution in [-0.4, -0.2) is 84.4 Å². The Balaban J connectivity index is 0.000000491. The van der Waals surface area contributed by atoms with Crippen molar-refractivity contribution in [3.05, 3.63) is 261 Å². The molecule has 4 aromatic heterocycles. The van der Waals surface area contributed by atoms with Crippen molar-refractivity contribution in [1.82, 2.24) is 59.5 Å². The van der Waals surface area contributed by atoms with Crippen LogP contribution in [0.5, 0.6) is 0 Å². The summed E-state index contributed by atoms with van der Waals surface area (Å²) in [6.07, 6.45) is 19.0. The molecule has 0 aliphatic carbocycles. The van der Waals surface area contributed by atoms with Crippen LogP contribution in [-0.2, 0) is 34.1 Å². The van der Waals surface area contributed by atoms with Crippen LogP contribution in [0, 0.1) is 48.2 Å². The van der Waals surface area contributed by atoms with E-state index in [1.165, 1.54) is 91.6 Å². The van der Waals surface area contributed by atoms with Gasteiger partial charge in [-0.3, -0.25) is 0 Å². The van der Waals surface area contributed by atoms with Crippen LogP contribution in [0.3, 0.4) is 0 Å². The number of aromatic nitrogens is 12. The van der Waals surface area contributed by atoms with Crippen molar-refractivity contribution in [2.75, 3.05) is 0 Å². The topological polar surface area (TPSA) is 357 Å². The van der Waals surface area contributed by atoms with Gasteiger partial charge in [-0.2, -0.15) is 20.4 Å². The zero-order valence-electron chi connectivity index (χ0n) is 44.1. The monoisotopic (exact) mass is 1360 g/mol. The van der Waals surface area contributed by atoms with Crippen LogP contribution in [0.15, 0.2) is 217 Å². The maximum atomic E-state index is 8.49. The molecule has 0 saturated heterocycles. The van der Waals surface area contributed by atoms with Crippen molar-refractivity contribution in [1.29, 1.82) is 0 Å². The first-order chi connectivity index (χ1) is 38.9. The molecule has 448 valence electrons. The van der Waals surface area contributed by atoms with Crippen molar-refractivity contribution in [2.45, 2.75) is 27.7 Å². The molecule has 0 saturated carbocycles. The van der Waals surface area contributed by atoms with Crippen molar-refractivity contribution in [2.24, 2.45) is 20.4 Å². The Bertz CT molecular complexity index is 2900. The van der Waals surface area contributed by atoms with E-state index in [0.29, 0.717) is 20.1 Å². The quantitative estimate of drug-likeness (QED) is 0.156. The van der Waals surface area contributed by atoms with Crippen LogP contribution in [0.2, 0.25) is 20.1 Å². The zero-order chi connectivity index (χ0) is 60.2. The van der Waals surface area contributed by atoms with E-state index < -0.39 is 20.5 Å². The second-order valence-corrected chi connectivity index (χ2v) is 18.9. The molecule has 0 N–H and O–H groups in total. The van der Waals surface area contributed by atoms with Gasteiger partial charge in [-0.1, -0.05) is 166 Å². The Kier molecular flexibility index (Phi) is 37.4. The van der Waals surface area contributed by atoms with Gasteiger partial charge in [0, 0.05) is 20.1 Å². The molecule has 0 radical (unpaired) electrons. The molecule has 24 nitrogen and oxygen atoms in total. The van der Waals surface area contributed by atoms with Gasteiger partial charge in [0.1, 0.15) is 50.6 Å². The molecular weight excluding hydrogens is 1320 g/mol. The van der Waals surface area contributed by atoms with Crippen LogP contribution in [0.4, 0.5) is 0 Å². The first-order valence-electron chi connectivity index (χ1n) is 22.8. The molecule has 6 aromatic carbocycles. The normalized spacial score (nSPS) is 10.5. The fourth-order valence-electron chi connectivity index (χ4n) is 5.02. The van der Waals surface area contributed by atoms with Gasteiger partial charge in [-0.05, 0) is 98.5 Å². The minimum absolute atomic E-state index is 0. The summed E-state index contributed by atoms with van der Waals surface area (Å²) >= 11 is 23.0. The summed E-state index contributed by atoms with van der Waals surface area (Å²) in [5.74, 6) is 0. The van der Waals surface area contributed by atoms with Gasteiger partial charge >= 0.3 is 34.1 Å². The minimum Gasteiger partial charge on any atom is -0.222 e. The van der Waals surface area contributed by atoms with Crippen LogP contribution >= 0.6 is 46.4 Å². The summed E-state index contributed by atoms with van der Waals surface area (Å²) < 4.78 is 74.0. The number of benzene rings is 6. The molecular formula is C52H48Cl6Cu2N16O8. The van der Waals surface area contributed by atoms with Crippen LogP contribution in [0.1, 0.15) is 44.5 Å². The number of hydrogen-bond acceptors (Lipinski definition) is 20. The van der Waals surface area contributed by atoms with Crippen molar-refractivity contribution >= 4 is 71.3 Å². The molecule has 10 aromatic rings. The maximum absolute atomic E-state index is 8.49. The summed E-state index contributed by atoms with van der Waals surface area (Å²) in [7, 11) is -9.89. The van der Waals surface area contributed by atoms with Gasteiger partial charge in [-0.25, -0.2) is 56.0 Å². The fraction of sp³-hybridized carbons (Fsp3) is 0.0769. The molecule has 0 unspecified atom stereocenters. The average Bonchev–Trinajstić information content (AvgIpc) is 4.33. The molecule has 0 amide bonds. The van der Waals surface area contributed by atoms with Gasteiger partial charge in [0.2, 0.25) is 0 Å². The van der Waals surface area contributed by atoms with Gasteiger partial charge < -0.3 is 0 Å². The maximum Gasteiger partial charge on any atom is 1.00 e. The summed E-state index contributed by atoms with van der Waals surface area (Å²) in [6.45, 7) is 8.39. The number of aryl methyl sites for hydroxylation is 4. The van der Waals surface area contributed by atoms with Crippen molar-refractivity contribution in [3.8, 4) is 0 Å². The average molecular weight is 1360 g/mol. The third kappa shape index (κ3) is 40.3. The standard InChI is InChI=1S/4C9H7ClN4.2C8H10.2ClHO4.2Cu/c4*10-9-3-1-8(2-4-9)5-13-14-6-11-12-7-14;2*1-7-3-5-8(2)6-4-7;2*2-1(3,4)5;;/h4*1-7H;2*3-6H,1-2H3;2*(H,2,3,4,5);;/q;;;;;;;;2*+1/p-2/b4*13-5+;;;;;;. The minimum atomic E-state index is -4.94. The van der Waals surface area contributed by atoms with Gasteiger partial charge in [0.05, 0.1) is 24.9 Å². The predicted octanol–water partition coefficient (Wildman–Crippen LogP) is 2.34. The molecule has 84 heavy (non-hydrogen) atoms. The van der Waals surface area contributed by atoms with Crippen LogP contribution in [0.25, 0.3) is 0 Å². The second-order valence-electron chi connectivity index (χ2n) is 15.6. The van der Waals surface area contributed by atoms with E-state index >= 15 is 0 Å². The van der Waals surface area contributed by atoms with E-state index in [1.807, 2.05) is 97.1 Å². The largest absolute Gasteiger partial charge is 1.00 e. The van der Waals surface area contributed by atoms with Gasteiger partial charge in [0.25, 0.3) is 0 Å². The van der Waals surface area contributed by atoms with Crippen LogP contribution < -0.4 is 37.3 Å².